The Hall–Kier alpha value is -1.95. The van der Waals surface area contributed by atoms with Crippen LogP contribution in [0.2, 0.25) is 0 Å². The van der Waals surface area contributed by atoms with Gasteiger partial charge in [-0.1, -0.05) is 0 Å². The first-order chi connectivity index (χ1) is 11.6. The summed E-state index contributed by atoms with van der Waals surface area (Å²) in [4.78, 5) is 16.9. The molecule has 0 bridgehead atoms. The van der Waals surface area contributed by atoms with Gasteiger partial charge in [-0.3, -0.25) is 9.69 Å². The number of carbonyl (C=O) groups is 1. The van der Waals surface area contributed by atoms with Crippen molar-refractivity contribution in [2.75, 3.05) is 26.3 Å². The average molecular weight is 343 g/mol. The molecule has 0 spiro atoms. The molecule has 2 aromatic rings. The van der Waals surface area contributed by atoms with E-state index < -0.39 is 0 Å². The Morgan fingerprint density at radius 3 is 2.79 bits per heavy atom. The van der Waals surface area contributed by atoms with Gasteiger partial charge >= 0.3 is 0 Å². The summed E-state index contributed by atoms with van der Waals surface area (Å²) in [5.41, 5.74) is 1.38. The molecule has 4 nitrogen and oxygen atoms in total. The van der Waals surface area contributed by atoms with E-state index in [1.165, 1.54) is 4.88 Å². The fourth-order valence-corrected chi connectivity index (χ4v) is 3.44. The van der Waals surface area contributed by atoms with Gasteiger partial charge in [0.1, 0.15) is 5.75 Å². The number of nitrogens with zero attached hydrogens (tertiary/aromatic N) is 1. The number of carbonyl (C=O) groups excluding carboxylic acids is 1. The van der Waals surface area contributed by atoms with E-state index in [0.717, 1.165) is 23.5 Å². The van der Waals surface area contributed by atoms with E-state index in [1.807, 2.05) is 25.1 Å². The summed E-state index contributed by atoms with van der Waals surface area (Å²) in [6.45, 7) is 5.78. The molecule has 1 fully saturated rings. The van der Waals surface area contributed by atoms with Crippen LogP contribution in [0.3, 0.4) is 0 Å². The smallest absolute Gasteiger partial charge is 0.185 e. The molecule has 1 aliphatic heterocycles. The Bertz CT molecular complexity index is 745. The van der Waals surface area contributed by atoms with Crippen LogP contribution < -0.4 is 0 Å². The molecule has 1 aromatic carbocycles. The highest BCUT2D eigenvalue weighted by molar-refractivity contribution is 7.12. The first-order valence-corrected chi connectivity index (χ1v) is 8.84. The monoisotopic (exact) mass is 343 g/mol. The number of aromatic hydroxyl groups is 1. The van der Waals surface area contributed by atoms with Crippen LogP contribution in [0.4, 0.5) is 0 Å². The van der Waals surface area contributed by atoms with Gasteiger partial charge in [-0.15, -0.1) is 11.3 Å². The maximum absolute atomic E-state index is 12.4. The maximum Gasteiger partial charge on any atom is 0.185 e. The van der Waals surface area contributed by atoms with Crippen LogP contribution in [0.5, 0.6) is 5.75 Å². The number of phenolic OH excluding ortho intramolecular Hbond substituents is 1. The zero-order valence-electron chi connectivity index (χ0n) is 13.7. The molecule has 2 heterocycles. The molecular formula is C19H21NO3S. The third-order valence-corrected chi connectivity index (χ3v) is 4.99. The molecule has 0 atom stereocenters. The van der Waals surface area contributed by atoms with E-state index in [0.29, 0.717) is 25.3 Å². The Labute approximate surface area is 146 Å². The maximum atomic E-state index is 12.4. The van der Waals surface area contributed by atoms with Crippen molar-refractivity contribution in [3.8, 4) is 5.75 Å². The summed E-state index contributed by atoms with van der Waals surface area (Å²) in [6.07, 6.45) is 3.44. The number of rotatable bonds is 5. The van der Waals surface area contributed by atoms with Gasteiger partial charge in [0.05, 0.1) is 13.2 Å². The van der Waals surface area contributed by atoms with Crippen LogP contribution >= 0.6 is 11.3 Å². The van der Waals surface area contributed by atoms with Crippen molar-refractivity contribution >= 4 is 23.2 Å². The van der Waals surface area contributed by atoms with Crippen LogP contribution in [-0.4, -0.2) is 42.1 Å². The van der Waals surface area contributed by atoms with E-state index >= 15 is 0 Å². The third kappa shape index (κ3) is 4.32. The highest BCUT2D eigenvalue weighted by Gasteiger charge is 2.14. The van der Waals surface area contributed by atoms with Gasteiger partial charge in [-0.05, 0) is 49.4 Å². The molecule has 1 saturated heterocycles. The molecule has 0 amide bonds. The molecule has 5 heteroatoms. The number of aryl methyl sites for hydroxylation is 1. The van der Waals surface area contributed by atoms with Crippen molar-refractivity contribution in [2.45, 2.75) is 13.5 Å². The van der Waals surface area contributed by atoms with Gasteiger partial charge in [0, 0.05) is 40.5 Å². The molecule has 126 valence electrons. The number of benzene rings is 1. The Balaban J connectivity index is 1.72. The molecule has 24 heavy (non-hydrogen) atoms. The first kappa shape index (κ1) is 16.9. The first-order valence-electron chi connectivity index (χ1n) is 8.02. The van der Waals surface area contributed by atoms with Crippen molar-refractivity contribution in [1.82, 2.24) is 4.90 Å². The number of phenols is 1. The molecule has 0 aliphatic carbocycles. The van der Waals surface area contributed by atoms with Crippen molar-refractivity contribution in [2.24, 2.45) is 0 Å². The predicted molar refractivity (Wildman–Crippen MR) is 96.6 cm³/mol. The van der Waals surface area contributed by atoms with Crippen molar-refractivity contribution in [3.63, 3.8) is 0 Å². The number of hydrogen-bond donors (Lipinski definition) is 1. The molecule has 1 aliphatic rings. The van der Waals surface area contributed by atoms with Gasteiger partial charge in [-0.25, -0.2) is 0 Å². The zero-order valence-corrected chi connectivity index (χ0v) is 14.5. The van der Waals surface area contributed by atoms with Gasteiger partial charge in [0.15, 0.2) is 5.78 Å². The fourth-order valence-electron chi connectivity index (χ4n) is 2.66. The van der Waals surface area contributed by atoms with Gasteiger partial charge in [0.25, 0.3) is 0 Å². The molecular weight excluding hydrogens is 322 g/mol. The second-order valence-electron chi connectivity index (χ2n) is 5.88. The Kier molecular flexibility index (Phi) is 5.45. The highest BCUT2D eigenvalue weighted by Crippen LogP contribution is 2.22. The topological polar surface area (TPSA) is 49.8 Å². The number of ether oxygens (including phenoxy) is 1. The van der Waals surface area contributed by atoms with Crippen LogP contribution in [0.25, 0.3) is 6.08 Å². The van der Waals surface area contributed by atoms with E-state index in [1.54, 1.807) is 35.6 Å². The largest absolute Gasteiger partial charge is 0.508 e. The summed E-state index contributed by atoms with van der Waals surface area (Å²) in [5.74, 6) is 0.181. The summed E-state index contributed by atoms with van der Waals surface area (Å²) in [7, 11) is 0. The quantitative estimate of drug-likeness (QED) is 0.667. The number of allylic oxidation sites excluding steroid dienone is 1. The Morgan fingerprint density at radius 1 is 1.29 bits per heavy atom. The fraction of sp³-hybridized carbons (Fsp3) is 0.316. The second-order valence-corrected chi connectivity index (χ2v) is 7.20. The van der Waals surface area contributed by atoms with E-state index in [2.05, 4.69) is 4.90 Å². The molecule has 0 radical (unpaired) electrons. The molecule has 0 saturated carbocycles. The lowest BCUT2D eigenvalue weighted by Gasteiger charge is -2.26. The molecule has 1 N–H and O–H groups in total. The van der Waals surface area contributed by atoms with Crippen molar-refractivity contribution < 1.29 is 14.6 Å². The second kappa shape index (κ2) is 7.75. The molecule has 0 unspecified atom stereocenters. The standard InChI is InChI=1S/C19H21NO3S/c1-14-2-4-17(24-14)5-7-18(21)15-3-6-19(22)16(12-15)13-20-8-10-23-11-9-20/h2-7,12,22H,8-11,13H2,1H3/b7-5+. The van der Waals surface area contributed by atoms with Crippen molar-refractivity contribution in [1.29, 1.82) is 0 Å². The molecule has 3 rings (SSSR count). The van der Waals surface area contributed by atoms with E-state index in [9.17, 15) is 9.90 Å². The van der Waals surface area contributed by atoms with E-state index in [4.69, 9.17) is 4.74 Å². The van der Waals surface area contributed by atoms with Crippen LogP contribution in [-0.2, 0) is 11.3 Å². The average Bonchev–Trinajstić information content (AvgIpc) is 3.01. The minimum atomic E-state index is -0.0516. The lowest BCUT2D eigenvalue weighted by molar-refractivity contribution is 0.0339. The van der Waals surface area contributed by atoms with Crippen molar-refractivity contribution in [3.05, 3.63) is 57.3 Å². The molecule has 1 aromatic heterocycles. The lowest BCUT2D eigenvalue weighted by Crippen LogP contribution is -2.35. The van der Waals surface area contributed by atoms with E-state index in [-0.39, 0.29) is 11.5 Å². The SMILES string of the molecule is Cc1ccc(/C=C/C(=O)c2ccc(O)c(CN3CCOCC3)c2)s1. The number of morpholine rings is 1. The number of thiophene rings is 1. The number of hydrogen-bond acceptors (Lipinski definition) is 5. The van der Waals surface area contributed by atoms with Gasteiger partial charge in [-0.2, -0.15) is 0 Å². The third-order valence-electron chi connectivity index (χ3n) is 4.02. The predicted octanol–water partition coefficient (Wildman–Crippen LogP) is 3.49. The lowest BCUT2D eigenvalue weighted by atomic mass is 10.0. The summed E-state index contributed by atoms with van der Waals surface area (Å²) < 4.78 is 5.34. The zero-order chi connectivity index (χ0) is 16.9. The highest BCUT2D eigenvalue weighted by atomic mass is 32.1. The summed E-state index contributed by atoms with van der Waals surface area (Å²) >= 11 is 1.66. The van der Waals surface area contributed by atoms with Gasteiger partial charge in [0.2, 0.25) is 0 Å². The minimum Gasteiger partial charge on any atom is -0.508 e. The minimum absolute atomic E-state index is 0.0516. The summed E-state index contributed by atoms with van der Waals surface area (Å²) in [5, 5.41) is 10.1. The van der Waals surface area contributed by atoms with Crippen LogP contribution in [0.1, 0.15) is 25.7 Å². The summed E-state index contributed by atoms with van der Waals surface area (Å²) in [6, 6.07) is 9.11. The van der Waals surface area contributed by atoms with Gasteiger partial charge < -0.3 is 9.84 Å². The normalized spacial score (nSPS) is 15.9. The number of ketones is 1. The Morgan fingerprint density at radius 2 is 2.08 bits per heavy atom. The van der Waals surface area contributed by atoms with Crippen LogP contribution in [0, 0.1) is 6.92 Å². The van der Waals surface area contributed by atoms with Crippen LogP contribution in [0.15, 0.2) is 36.4 Å².